The van der Waals surface area contributed by atoms with Crippen LogP contribution in [0.15, 0.2) is 18.2 Å². The molecule has 0 saturated carbocycles. The summed E-state index contributed by atoms with van der Waals surface area (Å²) >= 11 is 0. The lowest BCUT2D eigenvalue weighted by Gasteiger charge is -2.03. The Balaban J connectivity index is 2.56. The van der Waals surface area contributed by atoms with Crippen molar-refractivity contribution in [1.29, 1.82) is 0 Å². The Morgan fingerprint density at radius 1 is 1.50 bits per heavy atom. The van der Waals surface area contributed by atoms with Gasteiger partial charge in [0.25, 0.3) is 0 Å². The molecule has 0 bridgehead atoms. The lowest BCUT2D eigenvalue weighted by molar-refractivity contribution is -0.387. The maximum atomic E-state index is 13.2. The minimum atomic E-state index is -0.827. The molecule has 0 atom stereocenters. The summed E-state index contributed by atoms with van der Waals surface area (Å²) in [5.74, 6) is -0.827. The van der Waals surface area contributed by atoms with Crippen LogP contribution in [0.1, 0.15) is 12.0 Å². The van der Waals surface area contributed by atoms with E-state index in [1.165, 1.54) is 6.07 Å². The SMILES string of the molecule is O=[N+]([O-])c1ccc(CNCCCO)cc1F. The standard InChI is InChI=1S/C10H13FN2O3/c11-9-6-8(7-12-4-1-5-14)2-3-10(9)13(15)16/h2-3,6,12,14H,1,4-5,7H2. The molecule has 0 aliphatic carbocycles. The molecule has 88 valence electrons. The van der Waals surface area contributed by atoms with E-state index in [9.17, 15) is 14.5 Å². The maximum Gasteiger partial charge on any atom is 0.304 e. The van der Waals surface area contributed by atoms with E-state index in [4.69, 9.17) is 5.11 Å². The molecule has 16 heavy (non-hydrogen) atoms. The molecule has 1 rings (SSSR count). The number of aliphatic hydroxyl groups excluding tert-OH is 1. The fourth-order valence-electron chi connectivity index (χ4n) is 1.25. The van der Waals surface area contributed by atoms with Gasteiger partial charge in [0.15, 0.2) is 0 Å². The molecule has 0 aliphatic rings. The molecule has 0 heterocycles. The second-order valence-corrected chi connectivity index (χ2v) is 3.30. The number of halogens is 1. The predicted molar refractivity (Wildman–Crippen MR) is 56.5 cm³/mol. The number of nitro groups is 1. The minimum absolute atomic E-state index is 0.0988. The largest absolute Gasteiger partial charge is 0.396 e. The van der Waals surface area contributed by atoms with E-state index in [-0.39, 0.29) is 6.61 Å². The first kappa shape index (κ1) is 12.5. The normalized spacial score (nSPS) is 10.4. The van der Waals surface area contributed by atoms with Gasteiger partial charge in [-0.3, -0.25) is 10.1 Å². The summed E-state index contributed by atoms with van der Waals surface area (Å²) in [7, 11) is 0. The van der Waals surface area contributed by atoms with E-state index in [1.807, 2.05) is 0 Å². The number of rotatable bonds is 6. The summed E-state index contributed by atoms with van der Waals surface area (Å²) in [6, 6.07) is 3.80. The van der Waals surface area contributed by atoms with Gasteiger partial charge in [0.2, 0.25) is 5.82 Å². The minimum Gasteiger partial charge on any atom is -0.396 e. The molecule has 0 spiro atoms. The summed E-state index contributed by atoms with van der Waals surface area (Å²) in [6.07, 6.45) is 0.620. The van der Waals surface area contributed by atoms with Gasteiger partial charge in [-0.1, -0.05) is 6.07 Å². The number of hydrogen-bond donors (Lipinski definition) is 2. The predicted octanol–water partition coefficient (Wildman–Crippen LogP) is 1.21. The second kappa shape index (κ2) is 6.14. The van der Waals surface area contributed by atoms with Gasteiger partial charge in [0, 0.05) is 19.2 Å². The topological polar surface area (TPSA) is 75.4 Å². The maximum absolute atomic E-state index is 13.2. The third-order valence-electron chi connectivity index (χ3n) is 2.05. The lowest BCUT2D eigenvalue weighted by Crippen LogP contribution is -2.15. The van der Waals surface area contributed by atoms with E-state index >= 15 is 0 Å². The van der Waals surface area contributed by atoms with Crippen molar-refractivity contribution in [3.8, 4) is 0 Å². The van der Waals surface area contributed by atoms with Gasteiger partial charge in [0.1, 0.15) is 0 Å². The molecular weight excluding hydrogens is 215 g/mol. The zero-order chi connectivity index (χ0) is 12.0. The van der Waals surface area contributed by atoms with Crippen LogP contribution in [0.5, 0.6) is 0 Å². The molecule has 0 aliphatic heterocycles. The fourth-order valence-corrected chi connectivity index (χ4v) is 1.25. The highest BCUT2D eigenvalue weighted by Crippen LogP contribution is 2.17. The summed E-state index contributed by atoms with van der Waals surface area (Å²) in [4.78, 5) is 9.60. The van der Waals surface area contributed by atoms with Gasteiger partial charge in [-0.15, -0.1) is 0 Å². The molecule has 1 aromatic rings. The zero-order valence-corrected chi connectivity index (χ0v) is 8.65. The van der Waals surface area contributed by atoms with Crippen LogP contribution in [0.25, 0.3) is 0 Å². The fraction of sp³-hybridized carbons (Fsp3) is 0.400. The lowest BCUT2D eigenvalue weighted by atomic mass is 10.2. The van der Waals surface area contributed by atoms with Gasteiger partial charge in [-0.05, 0) is 24.6 Å². The monoisotopic (exact) mass is 228 g/mol. The average molecular weight is 228 g/mol. The molecule has 0 unspecified atom stereocenters. The van der Waals surface area contributed by atoms with Crippen LogP contribution < -0.4 is 5.32 Å². The van der Waals surface area contributed by atoms with Crippen molar-refractivity contribution < 1.29 is 14.4 Å². The van der Waals surface area contributed by atoms with Gasteiger partial charge < -0.3 is 10.4 Å². The first-order valence-corrected chi connectivity index (χ1v) is 4.89. The quantitative estimate of drug-likeness (QED) is 0.436. The molecular formula is C10H13FN2O3. The van der Waals surface area contributed by atoms with E-state index in [0.29, 0.717) is 25.1 Å². The first-order chi connectivity index (χ1) is 7.65. The molecule has 6 heteroatoms. The number of nitrogens with one attached hydrogen (secondary N) is 1. The van der Waals surface area contributed by atoms with Gasteiger partial charge >= 0.3 is 5.69 Å². The molecule has 5 nitrogen and oxygen atoms in total. The Labute approximate surface area is 92.1 Å². The van der Waals surface area contributed by atoms with Crippen LogP contribution in [-0.2, 0) is 6.54 Å². The highest BCUT2D eigenvalue weighted by Gasteiger charge is 2.13. The van der Waals surface area contributed by atoms with Crippen LogP contribution in [0.2, 0.25) is 0 Å². The number of aliphatic hydroxyl groups is 1. The Morgan fingerprint density at radius 3 is 2.81 bits per heavy atom. The molecule has 0 amide bonds. The van der Waals surface area contributed by atoms with Crippen LogP contribution in [0.4, 0.5) is 10.1 Å². The smallest absolute Gasteiger partial charge is 0.304 e. The first-order valence-electron chi connectivity index (χ1n) is 4.89. The molecule has 1 aromatic carbocycles. The zero-order valence-electron chi connectivity index (χ0n) is 8.65. The summed E-state index contributed by atoms with van der Waals surface area (Å²) in [5, 5.41) is 21.9. The summed E-state index contributed by atoms with van der Waals surface area (Å²) < 4.78 is 13.2. The van der Waals surface area contributed by atoms with Crippen molar-refractivity contribution in [2.24, 2.45) is 0 Å². The Hall–Kier alpha value is -1.53. The summed E-state index contributed by atoms with van der Waals surface area (Å²) in [5.41, 5.74) is 0.125. The van der Waals surface area contributed by atoms with Crippen molar-refractivity contribution >= 4 is 5.69 Å². The molecule has 0 radical (unpaired) electrons. The third-order valence-corrected chi connectivity index (χ3v) is 2.05. The third kappa shape index (κ3) is 3.56. The number of benzene rings is 1. The van der Waals surface area contributed by atoms with Gasteiger partial charge in [0.05, 0.1) is 4.92 Å². The van der Waals surface area contributed by atoms with E-state index in [2.05, 4.69) is 5.32 Å². The van der Waals surface area contributed by atoms with Crippen LogP contribution in [0, 0.1) is 15.9 Å². The number of hydrogen-bond acceptors (Lipinski definition) is 4. The highest BCUT2D eigenvalue weighted by atomic mass is 19.1. The van der Waals surface area contributed by atoms with Crippen LogP contribution >= 0.6 is 0 Å². The molecule has 0 saturated heterocycles. The highest BCUT2D eigenvalue weighted by molar-refractivity contribution is 5.34. The molecule has 0 aromatic heterocycles. The van der Waals surface area contributed by atoms with Gasteiger partial charge in [-0.25, -0.2) is 0 Å². The summed E-state index contributed by atoms with van der Waals surface area (Å²) in [6.45, 7) is 1.14. The van der Waals surface area contributed by atoms with Crippen LogP contribution in [0.3, 0.4) is 0 Å². The molecule has 2 N–H and O–H groups in total. The van der Waals surface area contributed by atoms with Gasteiger partial charge in [-0.2, -0.15) is 4.39 Å². The number of nitrogens with zero attached hydrogens (tertiary/aromatic N) is 1. The Kier molecular flexibility index (Phi) is 4.81. The van der Waals surface area contributed by atoms with E-state index in [1.54, 1.807) is 0 Å². The van der Waals surface area contributed by atoms with Crippen molar-refractivity contribution in [2.45, 2.75) is 13.0 Å². The van der Waals surface area contributed by atoms with Crippen molar-refractivity contribution in [3.63, 3.8) is 0 Å². The Morgan fingerprint density at radius 2 is 2.25 bits per heavy atom. The van der Waals surface area contributed by atoms with E-state index in [0.717, 1.165) is 12.1 Å². The Bertz CT molecular complexity index is 371. The molecule has 0 fully saturated rings. The van der Waals surface area contributed by atoms with Crippen molar-refractivity contribution in [3.05, 3.63) is 39.7 Å². The number of nitro benzene ring substituents is 1. The average Bonchev–Trinajstić information content (AvgIpc) is 2.24. The van der Waals surface area contributed by atoms with Crippen molar-refractivity contribution in [2.75, 3.05) is 13.2 Å². The van der Waals surface area contributed by atoms with E-state index < -0.39 is 16.4 Å². The second-order valence-electron chi connectivity index (χ2n) is 3.30. The van der Waals surface area contributed by atoms with Crippen LogP contribution in [-0.4, -0.2) is 23.2 Å². The van der Waals surface area contributed by atoms with Crippen molar-refractivity contribution in [1.82, 2.24) is 5.32 Å².